The summed E-state index contributed by atoms with van der Waals surface area (Å²) in [6.07, 6.45) is 1.69. The van der Waals surface area contributed by atoms with Gasteiger partial charge in [-0.2, -0.15) is 5.10 Å². The van der Waals surface area contributed by atoms with Gasteiger partial charge in [0, 0.05) is 17.7 Å². The number of rotatable bonds is 6. The van der Waals surface area contributed by atoms with E-state index in [1.165, 1.54) is 4.90 Å². The first-order chi connectivity index (χ1) is 13.9. The average Bonchev–Trinajstić information content (AvgIpc) is 3.19. The Balaban J connectivity index is 1.70. The molecule has 0 bridgehead atoms. The summed E-state index contributed by atoms with van der Waals surface area (Å²) in [5.74, 6) is 0.00375. The second-order valence-corrected chi connectivity index (χ2v) is 7.36. The zero-order valence-corrected chi connectivity index (χ0v) is 17.9. The van der Waals surface area contributed by atoms with Gasteiger partial charge < -0.3 is 15.0 Å². The monoisotopic (exact) mass is 456 g/mol. The number of ether oxygens (including phenoxy) is 1. The van der Waals surface area contributed by atoms with Crippen molar-refractivity contribution >= 4 is 33.4 Å². The SMILES string of the molecule is COc1ccc(C)cc1-n1ccc(C(=O)N(C)CC(=O)Nc2ccccc2Br)n1. The molecule has 1 heterocycles. The highest BCUT2D eigenvalue weighted by atomic mass is 79.9. The zero-order valence-electron chi connectivity index (χ0n) is 16.3. The van der Waals surface area contributed by atoms with Crippen LogP contribution in [0.2, 0.25) is 0 Å². The van der Waals surface area contributed by atoms with Crippen molar-refractivity contribution in [1.29, 1.82) is 0 Å². The van der Waals surface area contributed by atoms with Crippen LogP contribution in [0.5, 0.6) is 5.75 Å². The van der Waals surface area contributed by atoms with Gasteiger partial charge in [0.1, 0.15) is 11.4 Å². The molecule has 0 aliphatic heterocycles. The number of nitrogens with one attached hydrogen (secondary N) is 1. The van der Waals surface area contributed by atoms with Crippen LogP contribution >= 0.6 is 15.9 Å². The van der Waals surface area contributed by atoms with Crippen LogP contribution < -0.4 is 10.1 Å². The fraction of sp³-hybridized carbons (Fsp3) is 0.190. The predicted octanol–water partition coefficient (Wildman–Crippen LogP) is 3.66. The summed E-state index contributed by atoms with van der Waals surface area (Å²) in [7, 11) is 3.15. The summed E-state index contributed by atoms with van der Waals surface area (Å²) in [5.41, 5.74) is 2.67. The molecule has 7 nitrogen and oxygen atoms in total. The molecule has 3 aromatic rings. The summed E-state index contributed by atoms with van der Waals surface area (Å²) < 4.78 is 7.74. The van der Waals surface area contributed by atoms with Crippen LogP contribution in [0.4, 0.5) is 5.69 Å². The number of carbonyl (C=O) groups excluding carboxylic acids is 2. The number of hydrogen-bond donors (Lipinski definition) is 1. The van der Waals surface area contributed by atoms with Crippen LogP contribution in [0.3, 0.4) is 0 Å². The number of methoxy groups -OCH3 is 1. The number of amides is 2. The van der Waals surface area contributed by atoms with E-state index in [9.17, 15) is 9.59 Å². The van der Waals surface area contributed by atoms with Crippen molar-refractivity contribution in [2.45, 2.75) is 6.92 Å². The van der Waals surface area contributed by atoms with E-state index in [0.717, 1.165) is 15.7 Å². The van der Waals surface area contributed by atoms with Gasteiger partial charge in [0.2, 0.25) is 5.91 Å². The summed E-state index contributed by atoms with van der Waals surface area (Å²) in [6, 6.07) is 14.6. The smallest absolute Gasteiger partial charge is 0.274 e. The van der Waals surface area contributed by atoms with Gasteiger partial charge >= 0.3 is 0 Å². The third-order valence-corrected chi connectivity index (χ3v) is 4.96. The highest BCUT2D eigenvalue weighted by molar-refractivity contribution is 9.10. The maximum Gasteiger partial charge on any atom is 0.274 e. The van der Waals surface area contributed by atoms with Crippen molar-refractivity contribution in [3.05, 3.63) is 70.5 Å². The minimum atomic E-state index is -0.349. The van der Waals surface area contributed by atoms with Crippen LogP contribution in [0, 0.1) is 6.92 Å². The van der Waals surface area contributed by atoms with Crippen LogP contribution in [-0.2, 0) is 4.79 Å². The number of hydrogen-bond acceptors (Lipinski definition) is 4. The quantitative estimate of drug-likeness (QED) is 0.613. The molecule has 150 valence electrons. The van der Waals surface area contributed by atoms with Crippen molar-refractivity contribution < 1.29 is 14.3 Å². The van der Waals surface area contributed by atoms with E-state index in [4.69, 9.17) is 4.74 Å². The topological polar surface area (TPSA) is 76.5 Å². The lowest BCUT2D eigenvalue weighted by Gasteiger charge is -2.16. The van der Waals surface area contributed by atoms with Gasteiger partial charge in [0.05, 0.1) is 19.3 Å². The second-order valence-electron chi connectivity index (χ2n) is 6.51. The first kappa shape index (κ1) is 20.6. The van der Waals surface area contributed by atoms with E-state index >= 15 is 0 Å². The van der Waals surface area contributed by atoms with Crippen molar-refractivity contribution in [2.75, 3.05) is 26.0 Å². The second kappa shape index (κ2) is 8.91. The van der Waals surface area contributed by atoms with Crippen molar-refractivity contribution in [1.82, 2.24) is 14.7 Å². The van der Waals surface area contributed by atoms with E-state index in [1.54, 1.807) is 37.2 Å². The number of aromatic nitrogens is 2. The highest BCUT2D eigenvalue weighted by Gasteiger charge is 2.19. The fourth-order valence-corrected chi connectivity index (χ4v) is 3.17. The molecule has 1 N–H and O–H groups in total. The number of anilines is 1. The standard InChI is InChI=1S/C21H21BrN4O3/c1-14-8-9-19(29-3)18(12-14)26-11-10-17(24-26)21(28)25(2)13-20(27)23-16-7-5-4-6-15(16)22/h4-12H,13H2,1-3H3,(H,23,27). The highest BCUT2D eigenvalue weighted by Crippen LogP contribution is 2.24. The molecule has 0 spiro atoms. The van der Waals surface area contributed by atoms with E-state index in [1.807, 2.05) is 43.3 Å². The molecular formula is C21H21BrN4O3. The van der Waals surface area contributed by atoms with Gasteiger partial charge in [-0.15, -0.1) is 0 Å². The molecule has 0 saturated carbocycles. The minimum Gasteiger partial charge on any atom is -0.494 e. The van der Waals surface area contributed by atoms with Crippen LogP contribution in [0.25, 0.3) is 5.69 Å². The van der Waals surface area contributed by atoms with Gasteiger partial charge in [-0.25, -0.2) is 4.68 Å². The lowest BCUT2D eigenvalue weighted by atomic mass is 10.2. The average molecular weight is 457 g/mol. The number of likely N-dealkylation sites (N-methyl/N-ethyl adjacent to an activating group) is 1. The number of halogens is 1. The summed E-state index contributed by atoms with van der Waals surface area (Å²) in [6.45, 7) is 1.87. The molecule has 1 aromatic heterocycles. The molecule has 8 heteroatoms. The lowest BCUT2D eigenvalue weighted by molar-refractivity contribution is -0.116. The summed E-state index contributed by atoms with van der Waals surface area (Å²) in [4.78, 5) is 26.3. The molecule has 2 aromatic carbocycles. The Morgan fingerprint density at radius 2 is 1.97 bits per heavy atom. The number of benzene rings is 2. The molecule has 0 aliphatic carbocycles. The normalized spacial score (nSPS) is 10.5. The largest absolute Gasteiger partial charge is 0.494 e. The number of para-hydroxylation sites is 1. The Bertz CT molecular complexity index is 1050. The summed E-state index contributed by atoms with van der Waals surface area (Å²) >= 11 is 3.38. The molecule has 2 amide bonds. The van der Waals surface area contributed by atoms with E-state index in [-0.39, 0.29) is 24.1 Å². The molecule has 0 saturated heterocycles. The van der Waals surface area contributed by atoms with Gasteiger partial charge in [-0.1, -0.05) is 18.2 Å². The molecular weight excluding hydrogens is 436 g/mol. The van der Waals surface area contributed by atoms with Crippen molar-refractivity contribution in [3.63, 3.8) is 0 Å². The van der Waals surface area contributed by atoms with E-state index in [2.05, 4.69) is 26.3 Å². The summed E-state index contributed by atoms with van der Waals surface area (Å²) in [5, 5.41) is 7.14. The lowest BCUT2D eigenvalue weighted by Crippen LogP contribution is -2.35. The van der Waals surface area contributed by atoms with Gasteiger partial charge in [0.15, 0.2) is 5.69 Å². The molecule has 3 rings (SSSR count). The molecule has 0 fully saturated rings. The maximum absolute atomic E-state index is 12.7. The Kier molecular flexibility index (Phi) is 6.33. The Labute approximate surface area is 177 Å². The Morgan fingerprint density at radius 3 is 2.69 bits per heavy atom. The van der Waals surface area contributed by atoms with Crippen LogP contribution in [-0.4, -0.2) is 47.2 Å². The van der Waals surface area contributed by atoms with Crippen LogP contribution in [0.1, 0.15) is 16.1 Å². The Morgan fingerprint density at radius 1 is 1.21 bits per heavy atom. The number of nitrogens with zero attached hydrogens (tertiary/aromatic N) is 3. The maximum atomic E-state index is 12.7. The van der Waals surface area contributed by atoms with E-state index < -0.39 is 0 Å². The van der Waals surface area contributed by atoms with Gasteiger partial charge in [-0.3, -0.25) is 9.59 Å². The first-order valence-electron chi connectivity index (χ1n) is 8.89. The molecule has 0 atom stereocenters. The fourth-order valence-electron chi connectivity index (χ4n) is 2.79. The molecule has 0 radical (unpaired) electrons. The molecule has 0 aliphatic rings. The first-order valence-corrected chi connectivity index (χ1v) is 9.69. The number of aryl methyl sites for hydroxylation is 1. The van der Waals surface area contributed by atoms with E-state index in [0.29, 0.717) is 11.4 Å². The number of carbonyl (C=O) groups is 2. The zero-order chi connectivity index (χ0) is 21.0. The van der Waals surface area contributed by atoms with Crippen LogP contribution in [0.15, 0.2) is 59.2 Å². The predicted molar refractivity (Wildman–Crippen MR) is 115 cm³/mol. The van der Waals surface area contributed by atoms with Crippen molar-refractivity contribution in [3.8, 4) is 11.4 Å². The Hall–Kier alpha value is -3.13. The molecule has 0 unspecified atom stereocenters. The minimum absolute atomic E-state index is 0.0964. The van der Waals surface area contributed by atoms with Crippen molar-refractivity contribution in [2.24, 2.45) is 0 Å². The third-order valence-electron chi connectivity index (χ3n) is 4.26. The van der Waals surface area contributed by atoms with Gasteiger partial charge in [-0.05, 0) is 58.7 Å². The third kappa shape index (κ3) is 4.83. The van der Waals surface area contributed by atoms with Gasteiger partial charge in [0.25, 0.3) is 5.91 Å². The molecule has 29 heavy (non-hydrogen) atoms.